The van der Waals surface area contributed by atoms with E-state index in [1.165, 1.54) is 0 Å². The van der Waals surface area contributed by atoms with Gasteiger partial charge < -0.3 is 34.3 Å². The van der Waals surface area contributed by atoms with Crippen LogP contribution in [0.1, 0.15) is 0 Å². The molecule has 0 aromatic rings. The van der Waals surface area contributed by atoms with Crippen LogP contribution in [0.2, 0.25) is 0 Å². The van der Waals surface area contributed by atoms with E-state index in [9.17, 15) is 0 Å². The molecule has 0 heterocycles. The van der Waals surface area contributed by atoms with Gasteiger partial charge in [0.2, 0.25) is 5.69 Å². The van der Waals surface area contributed by atoms with Crippen molar-refractivity contribution < 1.29 is 53.2 Å². The summed E-state index contributed by atoms with van der Waals surface area (Å²) in [6.07, 6.45) is 0. The largest absolute Gasteiger partial charge is 0.692 e. The van der Waals surface area contributed by atoms with Gasteiger partial charge in [0.1, 0.15) is 0 Å². The monoisotopic (exact) mass is 422 g/mol. The Labute approximate surface area is 123 Å². The zero-order valence-corrected chi connectivity index (χ0v) is 14.6. The van der Waals surface area contributed by atoms with Gasteiger partial charge in [-0.15, -0.1) is 9.79 Å². The Kier molecular flexibility index (Phi) is 20.0. The highest BCUT2D eigenvalue weighted by atomic mass is 32.9. The first kappa shape index (κ1) is 28.7. The molecule has 19 heavy (non-hydrogen) atoms. The van der Waals surface area contributed by atoms with E-state index >= 15 is 0 Å². The van der Waals surface area contributed by atoms with Crippen LogP contribution in [0.15, 0.2) is 0 Å². The van der Waals surface area contributed by atoms with E-state index in [1.54, 1.807) is 0 Å². The fourth-order valence-corrected chi connectivity index (χ4v) is 0. The van der Waals surface area contributed by atoms with Crippen LogP contribution in [0.5, 0.6) is 0 Å². The molecule has 0 aromatic carbocycles. The molecule has 0 bridgehead atoms. The van der Waals surface area contributed by atoms with Gasteiger partial charge >= 0.3 is 22.7 Å². The lowest BCUT2D eigenvalue weighted by Crippen LogP contribution is -1.87. The van der Waals surface area contributed by atoms with Crippen molar-refractivity contribution in [1.29, 1.82) is 0 Å². The molecule has 11 N–H and O–H groups in total. The van der Waals surface area contributed by atoms with E-state index in [-0.39, 0.29) is 0 Å². The van der Waals surface area contributed by atoms with Crippen molar-refractivity contribution in [3.63, 3.8) is 0 Å². The fourth-order valence-electron chi connectivity index (χ4n) is 0. The average molecular weight is 422 g/mol. The van der Waals surface area contributed by atoms with E-state index < -0.39 is 28.4 Å². The van der Waals surface area contributed by atoms with E-state index in [4.69, 9.17) is 53.2 Å². The van der Waals surface area contributed by atoms with Crippen LogP contribution in [-0.4, -0.2) is 44.0 Å². The third-order valence-electron chi connectivity index (χ3n) is 0. The number of hydrogen-bond acceptors (Lipinski definition) is 4. The molecule has 0 aliphatic heterocycles. The average Bonchev–Trinajstić information content (AvgIpc) is 1.66. The molecular weight excluding hydrogens is 410 g/mol. The van der Waals surface area contributed by atoms with Gasteiger partial charge in [-0.2, -0.15) is 0 Å². The summed E-state index contributed by atoms with van der Waals surface area (Å²) in [5, 5.41) is 0. The van der Waals surface area contributed by atoms with Crippen molar-refractivity contribution >= 4 is 64.3 Å². The van der Waals surface area contributed by atoms with Crippen LogP contribution in [0, 0.1) is 0 Å². The number of hydrogen-bond donors (Lipinski definition) is 11. The maximum absolute atomic E-state index is 9.10. The molecule has 0 saturated heterocycles. The SMILES string of the molecule is NP(=O)(O)O.O=[P+](O)O.OP(O)(=S)S.OP(O)(O)=S. The second-order valence-electron chi connectivity index (χ2n) is 1.87. The molecule has 0 rings (SSSR count). The maximum atomic E-state index is 9.10. The van der Waals surface area contributed by atoms with Gasteiger partial charge in [0.15, 0.2) is 0 Å². The highest BCUT2D eigenvalue weighted by molar-refractivity contribution is 8.59. The molecule has 0 aromatic heterocycles. The third kappa shape index (κ3) is 2420. The van der Waals surface area contributed by atoms with Crippen LogP contribution in [0.25, 0.3) is 0 Å². The zero-order chi connectivity index (χ0) is 17.1. The van der Waals surface area contributed by atoms with Gasteiger partial charge in [-0.05, 0) is 23.6 Å². The van der Waals surface area contributed by atoms with Gasteiger partial charge in [0.05, 0.1) is 0 Å². The van der Waals surface area contributed by atoms with Crippen molar-refractivity contribution in [2.24, 2.45) is 5.50 Å². The summed E-state index contributed by atoms with van der Waals surface area (Å²) < 4.78 is 17.8. The highest BCUT2D eigenvalue weighted by Crippen LogP contribution is 2.39. The van der Waals surface area contributed by atoms with Crippen molar-refractivity contribution in [3.8, 4) is 0 Å². The molecule has 12 nitrogen and oxygen atoms in total. The molecule has 0 fully saturated rings. The van der Waals surface area contributed by atoms with Crippen LogP contribution >= 0.6 is 40.7 Å². The van der Waals surface area contributed by atoms with Gasteiger partial charge in [-0.1, -0.05) is 12.2 Å². The lowest BCUT2D eigenvalue weighted by Gasteiger charge is -1.88. The van der Waals surface area contributed by atoms with Crippen LogP contribution in [0.3, 0.4) is 0 Å². The minimum Gasteiger partial charge on any atom is -0.338 e. The first-order chi connectivity index (χ1) is 7.73. The molecule has 0 amide bonds. The van der Waals surface area contributed by atoms with E-state index in [2.05, 4.69) is 41.4 Å². The summed E-state index contributed by atoms with van der Waals surface area (Å²) in [5.74, 6) is 0. The topological polar surface area (TPSA) is 242 Å². The highest BCUT2D eigenvalue weighted by Gasteiger charge is 1.96. The fraction of sp³-hybridized carbons (Fsp3) is 0. The van der Waals surface area contributed by atoms with E-state index in [1.807, 2.05) is 0 Å². The van der Waals surface area contributed by atoms with E-state index in [0.717, 1.165) is 0 Å². The normalized spacial score (nSPS) is 10.7. The van der Waals surface area contributed by atoms with E-state index in [0.29, 0.717) is 0 Å². The molecule has 19 heteroatoms. The van der Waals surface area contributed by atoms with Crippen molar-refractivity contribution in [1.82, 2.24) is 0 Å². The second kappa shape index (κ2) is 13.3. The zero-order valence-electron chi connectivity index (χ0n) is 8.47. The van der Waals surface area contributed by atoms with Gasteiger partial charge in [-0.25, -0.2) is 10.1 Å². The molecule has 0 atom stereocenters. The summed E-state index contributed by atoms with van der Waals surface area (Å²) in [4.78, 5) is 67.5. The maximum Gasteiger partial charge on any atom is 0.692 e. The molecule has 0 unspecified atom stereocenters. The minimum atomic E-state index is -4.14. The Morgan fingerprint density at radius 2 is 0.947 bits per heavy atom. The van der Waals surface area contributed by atoms with Crippen molar-refractivity contribution in [2.75, 3.05) is 0 Å². The molecule has 0 aliphatic rings. The quantitative estimate of drug-likeness (QED) is 0.149. The molecular formula is H12NO11P4S3+. The Morgan fingerprint density at radius 3 is 0.947 bits per heavy atom. The Bertz CT molecular complexity index is 286. The van der Waals surface area contributed by atoms with Crippen LogP contribution < -0.4 is 5.50 Å². The first-order valence-corrected chi connectivity index (χ1v) is 12.4. The number of nitrogens with two attached hydrogens (primary N) is 1. The molecule has 0 aliphatic carbocycles. The summed E-state index contributed by atoms with van der Waals surface area (Å²) in [5.41, 5.74) is 0.910. The Morgan fingerprint density at radius 1 is 0.947 bits per heavy atom. The summed E-state index contributed by atoms with van der Waals surface area (Å²) in [6, 6.07) is 0. The van der Waals surface area contributed by atoms with Gasteiger partial charge in [0, 0.05) is 4.57 Å². The smallest absolute Gasteiger partial charge is 0.338 e. The first-order valence-electron chi connectivity index (χ1n) is 2.99. The number of rotatable bonds is 0. The Balaban J connectivity index is -0.0000000793. The minimum absolute atomic E-state index is 2.87. The summed E-state index contributed by atoms with van der Waals surface area (Å²) >= 11 is 10.7. The Hall–Kier alpha value is 1.58. The number of thiol groups is 1. The van der Waals surface area contributed by atoms with Crippen molar-refractivity contribution in [3.05, 3.63) is 0 Å². The lowest BCUT2D eigenvalue weighted by molar-refractivity contribution is 0.363. The molecule has 0 saturated carbocycles. The summed E-state index contributed by atoms with van der Waals surface area (Å²) in [7, 11) is -7.01. The molecule has 0 spiro atoms. The van der Waals surface area contributed by atoms with Crippen LogP contribution in [0.4, 0.5) is 0 Å². The third-order valence-corrected chi connectivity index (χ3v) is 0. The van der Waals surface area contributed by atoms with Crippen molar-refractivity contribution in [2.45, 2.75) is 0 Å². The summed E-state index contributed by atoms with van der Waals surface area (Å²) in [6.45, 7) is -3.81. The predicted molar refractivity (Wildman–Crippen MR) is 76.9 cm³/mol. The predicted octanol–water partition coefficient (Wildman–Crippen LogP) is -2.02. The second-order valence-corrected chi connectivity index (χ2v) is 11.1. The van der Waals surface area contributed by atoms with Gasteiger partial charge in [0.25, 0.3) is 0 Å². The standard InChI is InChI=1S/H4NO3P.H3O3PS.HO3P.H3O2PS2/c1-5(2,3)4;1-4(2,3)5;1-4(2)3;1-3(2,4)5/h(H4,1,2,3,4);(H3,1,2,3,5);(H-,1,2,3);(H3,1,2,4,5)/p+1. The molecule has 120 valence electrons. The van der Waals surface area contributed by atoms with Crippen LogP contribution in [-0.2, 0) is 32.7 Å². The molecule has 0 radical (unpaired) electrons. The van der Waals surface area contributed by atoms with Gasteiger partial charge in [-0.3, -0.25) is 0 Å². The lowest BCUT2D eigenvalue weighted by atomic mass is 13.9.